The molecule has 2 aliphatic heterocycles. The molecule has 6 nitrogen and oxygen atoms in total. The molecule has 0 spiro atoms. The van der Waals surface area contributed by atoms with Gasteiger partial charge in [0.2, 0.25) is 0 Å². The minimum absolute atomic E-state index is 0.278. The van der Waals surface area contributed by atoms with Crippen LogP contribution < -0.4 is 5.32 Å². The average molecular weight is 423 g/mol. The molecule has 2 unspecified atom stereocenters. The summed E-state index contributed by atoms with van der Waals surface area (Å²) in [5.41, 5.74) is 3.62. The summed E-state index contributed by atoms with van der Waals surface area (Å²) in [6.45, 7) is 2.65. The van der Waals surface area contributed by atoms with Crippen LogP contribution in [0, 0.1) is 6.92 Å². The molecule has 2 aromatic carbocycles. The summed E-state index contributed by atoms with van der Waals surface area (Å²) in [7, 11) is 1.69. The summed E-state index contributed by atoms with van der Waals surface area (Å²) in [5.74, 6) is 0.621. The fraction of sp³-hybridized carbons (Fsp3) is 0.348. The zero-order chi connectivity index (χ0) is 21.1. The Morgan fingerprint density at radius 2 is 1.83 bits per heavy atom. The highest BCUT2D eigenvalue weighted by molar-refractivity contribution is 8.13. The zero-order valence-electron chi connectivity index (χ0n) is 17.2. The summed E-state index contributed by atoms with van der Waals surface area (Å²) in [5, 5.41) is 3.29. The van der Waals surface area contributed by atoms with E-state index in [1.165, 1.54) is 16.0 Å². The molecule has 0 radical (unpaired) electrons. The molecule has 7 heteroatoms. The topological polar surface area (TPSA) is 65.0 Å². The molecular formula is C23H26N4O2S. The van der Waals surface area contributed by atoms with Crippen molar-refractivity contribution in [3.8, 4) is 0 Å². The second kappa shape index (κ2) is 8.92. The molecule has 2 aromatic rings. The van der Waals surface area contributed by atoms with Crippen LogP contribution in [0.1, 0.15) is 23.1 Å². The Morgan fingerprint density at radius 3 is 2.60 bits per heavy atom. The zero-order valence-corrected chi connectivity index (χ0v) is 18.1. The minimum atomic E-state index is -0.496. The highest BCUT2D eigenvalue weighted by Gasteiger charge is 2.48. The number of fused-ring (bicyclic) bond motifs is 1. The van der Waals surface area contributed by atoms with Gasteiger partial charge in [0, 0.05) is 19.3 Å². The van der Waals surface area contributed by atoms with Crippen molar-refractivity contribution < 1.29 is 9.59 Å². The molecule has 0 aliphatic carbocycles. The molecule has 30 heavy (non-hydrogen) atoms. The third-order valence-corrected chi connectivity index (χ3v) is 6.53. The number of aliphatic imine (C=N–C) groups is 1. The molecule has 1 N–H and O–H groups in total. The molecule has 0 bridgehead atoms. The second-order valence-corrected chi connectivity index (χ2v) is 8.79. The van der Waals surface area contributed by atoms with Crippen LogP contribution in [0.4, 0.5) is 4.79 Å². The molecule has 3 amide bonds. The number of amides is 3. The van der Waals surface area contributed by atoms with Gasteiger partial charge in [0.05, 0.1) is 0 Å². The van der Waals surface area contributed by atoms with E-state index < -0.39 is 18.2 Å². The minimum Gasteiger partial charge on any atom is -0.331 e. The van der Waals surface area contributed by atoms with E-state index in [0.29, 0.717) is 6.54 Å². The van der Waals surface area contributed by atoms with E-state index in [9.17, 15) is 9.59 Å². The lowest BCUT2D eigenvalue weighted by molar-refractivity contribution is -0.127. The van der Waals surface area contributed by atoms with Gasteiger partial charge in [-0.2, -0.15) is 0 Å². The number of nitrogens with one attached hydrogen (secondary N) is 1. The molecule has 0 saturated carbocycles. The van der Waals surface area contributed by atoms with Gasteiger partial charge in [-0.1, -0.05) is 71.9 Å². The SMILES string of the molecule is Cc1cccc(CN2C(SCCCc3ccccc3)=NC3C2C(=O)NC(=O)N3C)c1. The lowest BCUT2D eigenvalue weighted by Gasteiger charge is -2.36. The van der Waals surface area contributed by atoms with E-state index >= 15 is 0 Å². The molecular weight excluding hydrogens is 396 g/mol. The van der Waals surface area contributed by atoms with Crippen LogP contribution in [-0.4, -0.2) is 51.9 Å². The highest BCUT2D eigenvalue weighted by Crippen LogP contribution is 2.30. The van der Waals surface area contributed by atoms with Gasteiger partial charge in [0.15, 0.2) is 17.4 Å². The lowest BCUT2D eigenvalue weighted by atomic mass is 10.1. The highest BCUT2D eigenvalue weighted by atomic mass is 32.2. The number of urea groups is 1. The molecule has 156 valence electrons. The number of likely N-dealkylation sites (N-methyl/N-ethyl adjacent to an activating group) is 1. The first-order chi connectivity index (χ1) is 14.5. The summed E-state index contributed by atoms with van der Waals surface area (Å²) in [6, 6.07) is 17.8. The molecule has 2 aliphatic rings. The Bertz CT molecular complexity index is 963. The van der Waals surface area contributed by atoms with E-state index in [0.717, 1.165) is 29.3 Å². The van der Waals surface area contributed by atoms with Crippen LogP contribution in [-0.2, 0) is 17.8 Å². The number of rotatable bonds is 6. The summed E-state index contributed by atoms with van der Waals surface area (Å²) >= 11 is 1.66. The maximum atomic E-state index is 12.7. The first-order valence-electron chi connectivity index (χ1n) is 10.2. The van der Waals surface area contributed by atoms with Crippen molar-refractivity contribution >= 4 is 28.9 Å². The van der Waals surface area contributed by atoms with Crippen LogP contribution in [0.3, 0.4) is 0 Å². The molecule has 2 heterocycles. The lowest BCUT2D eigenvalue weighted by Crippen LogP contribution is -2.63. The molecule has 0 aromatic heterocycles. The molecule has 1 fully saturated rings. The Balaban J connectivity index is 1.49. The van der Waals surface area contributed by atoms with Gasteiger partial charge in [0.1, 0.15) is 0 Å². The Hall–Kier alpha value is -2.80. The number of carbonyl (C=O) groups excluding carboxylic acids is 2. The van der Waals surface area contributed by atoms with Crippen LogP contribution in [0.25, 0.3) is 0 Å². The second-order valence-electron chi connectivity index (χ2n) is 7.73. The van der Waals surface area contributed by atoms with E-state index in [1.807, 2.05) is 17.0 Å². The normalized spacial score (nSPS) is 20.8. The van der Waals surface area contributed by atoms with Gasteiger partial charge in [-0.25, -0.2) is 9.79 Å². The molecule has 4 rings (SSSR count). The number of thioether (sulfide) groups is 1. The monoisotopic (exact) mass is 422 g/mol. The van der Waals surface area contributed by atoms with Crippen molar-refractivity contribution in [1.29, 1.82) is 0 Å². The first-order valence-corrected chi connectivity index (χ1v) is 11.2. The van der Waals surface area contributed by atoms with Gasteiger partial charge in [-0.15, -0.1) is 0 Å². The number of carbonyl (C=O) groups is 2. The van der Waals surface area contributed by atoms with Crippen LogP contribution in [0.5, 0.6) is 0 Å². The predicted octanol–water partition coefficient (Wildman–Crippen LogP) is 3.41. The summed E-state index contributed by atoms with van der Waals surface area (Å²) < 4.78 is 0. The quantitative estimate of drug-likeness (QED) is 0.725. The van der Waals surface area contributed by atoms with Gasteiger partial charge in [-0.3, -0.25) is 10.1 Å². The van der Waals surface area contributed by atoms with Gasteiger partial charge in [-0.05, 0) is 30.9 Å². The molecule has 2 atom stereocenters. The number of hydrogen-bond acceptors (Lipinski definition) is 5. The van der Waals surface area contributed by atoms with E-state index in [1.54, 1.807) is 18.8 Å². The van der Waals surface area contributed by atoms with Gasteiger partial charge < -0.3 is 9.80 Å². The Morgan fingerprint density at radius 1 is 1.07 bits per heavy atom. The fourth-order valence-corrected chi connectivity index (χ4v) is 4.88. The van der Waals surface area contributed by atoms with E-state index in [4.69, 9.17) is 4.99 Å². The van der Waals surface area contributed by atoms with Crippen LogP contribution in [0.2, 0.25) is 0 Å². The third kappa shape index (κ3) is 4.36. The predicted molar refractivity (Wildman–Crippen MR) is 120 cm³/mol. The van der Waals surface area contributed by atoms with Crippen molar-refractivity contribution in [1.82, 2.24) is 15.1 Å². The number of amidine groups is 1. The largest absolute Gasteiger partial charge is 0.331 e. The van der Waals surface area contributed by atoms with E-state index in [-0.39, 0.29) is 5.91 Å². The summed E-state index contributed by atoms with van der Waals surface area (Å²) in [6.07, 6.45) is 1.54. The molecule has 1 saturated heterocycles. The van der Waals surface area contributed by atoms with Crippen molar-refractivity contribution in [2.45, 2.75) is 38.5 Å². The summed E-state index contributed by atoms with van der Waals surface area (Å²) in [4.78, 5) is 33.1. The van der Waals surface area contributed by atoms with E-state index in [2.05, 4.69) is 54.7 Å². The van der Waals surface area contributed by atoms with Gasteiger partial charge in [0.25, 0.3) is 5.91 Å². The standard InChI is InChI=1S/C23H26N4O2S/c1-16-8-6-11-18(14-16)15-27-19-20(26(2)22(29)25-21(19)28)24-23(27)30-13-7-12-17-9-4-3-5-10-17/h3-6,8-11,14,19-20H,7,12-13,15H2,1-2H3,(H,25,28,29). The number of benzene rings is 2. The van der Waals surface area contributed by atoms with Crippen molar-refractivity contribution in [3.05, 3.63) is 71.3 Å². The maximum Gasteiger partial charge on any atom is 0.325 e. The van der Waals surface area contributed by atoms with Crippen LogP contribution in [0.15, 0.2) is 59.6 Å². The maximum absolute atomic E-state index is 12.7. The van der Waals surface area contributed by atoms with Gasteiger partial charge >= 0.3 is 6.03 Å². The number of aryl methyl sites for hydroxylation is 2. The number of nitrogens with zero attached hydrogens (tertiary/aromatic N) is 3. The first kappa shape index (κ1) is 20.5. The van der Waals surface area contributed by atoms with Crippen molar-refractivity contribution in [3.63, 3.8) is 0 Å². The Kier molecular flexibility index (Phi) is 6.08. The fourth-order valence-electron chi connectivity index (χ4n) is 3.88. The third-order valence-electron chi connectivity index (χ3n) is 5.44. The average Bonchev–Trinajstić information content (AvgIpc) is 3.09. The van der Waals surface area contributed by atoms with Crippen molar-refractivity contribution in [2.24, 2.45) is 4.99 Å². The van der Waals surface area contributed by atoms with Crippen LogP contribution >= 0.6 is 11.8 Å². The Labute approximate surface area is 181 Å². The van der Waals surface area contributed by atoms with Crippen molar-refractivity contribution in [2.75, 3.05) is 12.8 Å². The smallest absolute Gasteiger partial charge is 0.325 e. The number of imide groups is 1. The number of hydrogen-bond donors (Lipinski definition) is 1.